The molecule has 0 unspecified atom stereocenters. The molecule has 1 N–H and O–H groups in total. The molecule has 0 atom stereocenters. The van der Waals surface area contributed by atoms with E-state index in [-0.39, 0.29) is 23.3 Å². The average Bonchev–Trinajstić information content (AvgIpc) is 2.64. The smallest absolute Gasteiger partial charge is 0.222 e. The van der Waals surface area contributed by atoms with Gasteiger partial charge in [-0.1, -0.05) is 46.8 Å². The molecule has 1 aliphatic rings. The third-order valence-electron chi connectivity index (χ3n) is 5.33. The van der Waals surface area contributed by atoms with Gasteiger partial charge >= 0.3 is 0 Å². The quantitative estimate of drug-likeness (QED) is 0.660. The van der Waals surface area contributed by atoms with Gasteiger partial charge in [-0.3, -0.25) is 9.59 Å². The van der Waals surface area contributed by atoms with E-state index in [1.165, 1.54) is 5.56 Å². The predicted octanol–water partition coefficient (Wildman–Crippen LogP) is 4.30. The highest BCUT2D eigenvalue weighted by Gasteiger charge is 2.23. The van der Waals surface area contributed by atoms with E-state index in [0.29, 0.717) is 31.8 Å². The van der Waals surface area contributed by atoms with Crippen molar-refractivity contribution in [3.63, 3.8) is 0 Å². The van der Waals surface area contributed by atoms with Crippen LogP contribution in [0.15, 0.2) is 24.3 Å². The lowest BCUT2D eigenvalue weighted by Crippen LogP contribution is -2.46. The van der Waals surface area contributed by atoms with Crippen LogP contribution in [0.25, 0.3) is 0 Å². The van der Waals surface area contributed by atoms with Gasteiger partial charge in [-0.2, -0.15) is 0 Å². The zero-order valence-corrected chi connectivity index (χ0v) is 18.8. The van der Waals surface area contributed by atoms with E-state index in [0.717, 1.165) is 31.7 Å². The molecule has 0 aromatic heterocycles. The number of amides is 2. The molecule has 0 radical (unpaired) electrons. The molecule has 0 spiro atoms. The molecular weight excluding hydrogens is 364 g/mol. The number of benzene rings is 1. The van der Waals surface area contributed by atoms with Gasteiger partial charge in [0.25, 0.3) is 0 Å². The van der Waals surface area contributed by atoms with Crippen LogP contribution in [-0.2, 0) is 15.0 Å². The van der Waals surface area contributed by atoms with Gasteiger partial charge in [0.05, 0.1) is 6.61 Å². The maximum Gasteiger partial charge on any atom is 0.222 e. The summed E-state index contributed by atoms with van der Waals surface area (Å²) < 4.78 is 5.79. The van der Waals surface area contributed by atoms with Crippen LogP contribution < -0.4 is 10.1 Å². The number of nitrogens with one attached hydrogen (secondary N) is 1. The van der Waals surface area contributed by atoms with Crippen molar-refractivity contribution in [3.05, 3.63) is 29.8 Å². The van der Waals surface area contributed by atoms with Crippen molar-refractivity contribution in [2.75, 3.05) is 19.7 Å². The zero-order chi connectivity index (χ0) is 21.4. The second kappa shape index (κ2) is 10.7. The van der Waals surface area contributed by atoms with Gasteiger partial charge in [0, 0.05) is 32.0 Å². The fourth-order valence-corrected chi connectivity index (χ4v) is 3.55. The Morgan fingerprint density at radius 1 is 1.14 bits per heavy atom. The molecule has 2 rings (SSSR count). The van der Waals surface area contributed by atoms with E-state index in [9.17, 15) is 9.59 Å². The van der Waals surface area contributed by atoms with Crippen LogP contribution in [0.3, 0.4) is 0 Å². The molecule has 5 nitrogen and oxygen atoms in total. The number of hydrogen-bond acceptors (Lipinski definition) is 3. The largest absolute Gasteiger partial charge is 0.494 e. The fraction of sp³-hybridized carbons (Fsp3) is 0.667. The second-order valence-electron chi connectivity index (χ2n) is 9.55. The molecule has 5 heteroatoms. The van der Waals surface area contributed by atoms with Crippen molar-refractivity contribution in [2.24, 2.45) is 5.92 Å². The standard InChI is InChI=1S/C24H38N2O3/c1-18(2)17-22(27)25-20-12-14-26(15-13-20)23(28)7-6-16-29-21-10-8-19(9-11-21)24(3,4)5/h8-11,18,20H,6-7,12-17H2,1-5H3,(H,25,27). The minimum atomic E-state index is 0.123. The van der Waals surface area contributed by atoms with Crippen LogP contribution in [0.2, 0.25) is 0 Å². The van der Waals surface area contributed by atoms with Gasteiger partial charge in [-0.15, -0.1) is 0 Å². The summed E-state index contributed by atoms with van der Waals surface area (Å²) in [4.78, 5) is 26.2. The van der Waals surface area contributed by atoms with Crippen LogP contribution >= 0.6 is 0 Å². The number of piperidine rings is 1. The van der Waals surface area contributed by atoms with Crippen molar-refractivity contribution < 1.29 is 14.3 Å². The Balaban J connectivity index is 1.63. The van der Waals surface area contributed by atoms with Gasteiger partial charge in [-0.25, -0.2) is 0 Å². The maximum absolute atomic E-state index is 12.4. The summed E-state index contributed by atoms with van der Waals surface area (Å²) in [5.74, 6) is 1.53. The summed E-state index contributed by atoms with van der Waals surface area (Å²) in [6.07, 6.45) is 3.46. The second-order valence-corrected chi connectivity index (χ2v) is 9.55. The summed E-state index contributed by atoms with van der Waals surface area (Å²) in [5.41, 5.74) is 1.42. The Morgan fingerprint density at radius 3 is 2.31 bits per heavy atom. The molecule has 1 aliphatic heterocycles. The Bertz CT molecular complexity index is 654. The molecule has 1 saturated heterocycles. The first-order valence-electron chi connectivity index (χ1n) is 11.0. The summed E-state index contributed by atoms with van der Waals surface area (Å²) in [6, 6.07) is 8.40. The number of carbonyl (C=O) groups excluding carboxylic acids is 2. The van der Waals surface area contributed by atoms with Crippen LogP contribution in [0.5, 0.6) is 5.75 Å². The summed E-state index contributed by atoms with van der Waals surface area (Å²) in [5, 5.41) is 3.10. The average molecular weight is 403 g/mol. The van der Waals surface area contributed by atoms with E-state index < -0.39 is 0 Å². The molecule has 1 aromatic carbocycles. The van der Waals surface area contributed by atoms with Gasteiger partial charge in [0.2, 0.25) is 11.8 Å². The predicted molar refractivity (Wildman–Crippen MR) is 117 cm³/mol. The molecule has 0 bridgehead atoms. The van der Waals surface area contributed by atoms with Crippen LogP contribution in [0.1, 0.15) is 72.3 Å². The van der Waals surface area contributed by atoms with Crippen molar-refractivity contribution in [1.82, 2.24) is 10.2 Å². The molecule has 1 heterocycles. The minimum Gasteiger partial charge on any atom is -0.494 e. The number of likely N-dealkylation sites (tertiary alicyclic amines) is 1. The molecule has 1 fully saturated rings. The Kier molecular flexibility index (Phi) is 8.54. The van der Waals surface area contributed by atoms with E-state index in [1.54, 1.807) is 0 Å². The lowest BCUT2D eigenvalue weighted by atomic mass is 9.87. The number of carbonyl (C=O) groups is 2. The molecule has 1 aromatic rings. The fourth-order valence-electron chi connectivity index (χ4n) is 3.55. The first-order valence-corrected chi connectivity index (χ1v) is 11.0. The normalized spacial score (nSPS) is 15.4. The Hall–Kier alpha value is -2.04. The summed E-state index contributed by atoms with van der Waals surface area (Å²) in [6.45, 7) is 12.7. The number of rotatable bonds is 8. The Labute approximate surface area is 176 Å². The highest BCUT2D eigenvalue weighted by Crippen LogP contribution is 2.24. The number of hydrogen-bond donors (Lipinski definition) is 1. The zero-order valence-electron chi connectivity index (χ0n) is 18.8. The lowest BCUT2D eigenvalue weighted by molar-refractivity contribution is -0.132. The first kappa shape index (κ1) is 23.2. The van der Waals surface area contributed by atoms with E-state index in [1.807, 2.05) is 30.9 Å². The molecule has 29 heavy (non-hydrogen) atoms. The highest BCUT2D eigenvalue weighted by molar-refractivity contribution is 5.77. The van der Waals surface area contributed by atoms with Crippen molar-refractivity contribution in [1.29, 1.82) is 0 Å². The monoisotopic (exact) mass is 402 g/mol. The minimum absolute atomic E-state index is 0.123. The van der Waals surface area contributed by atoms with Crippen molar-refractivity contribution >= 4 is 11.8 Å². The third-order valence-corrected chi connectivity index (χ3v) is 5.33. The van der Waals surface area contributed by atoms with Crippen molar-refractivity contribution in [3.8, 4) is 5.75 Å². The van der Waals surface area contributed by atoms with Crippen molar-refractivity contribution in [2.45, 2.75) is 78.2 Å². The molecular formula is C24H38N2O3. The molecule has 0 saturated carbocycles. The lowest BCUT2D eigenvalue weighted by Gasteiger charge is -2.32. The molecule has 2 amide bonds. The number of ether oxygens (including phenoxy) is 1. The van der Waals surface area contributed by atoms with Gasteiger partial charge in [0.1, 0.15) is 5.75 Å². The highest BCUT2D eigenvalue weighted by atomic mass is 16.5. The van der Waals surface area contributed by atoms with Crippen LogP contribution in [-0.4, -0.2) is 42.5 Å². The summed E-state index contributed by atoms with van der Waals surface area (Å²) in [7, 11) is 0. The summed E-state index contributed by atoms with van der Waals surface area (Å²) >= 11 is 0. The van der Waals surface area contributed by atoms with E-state index in [2.05, 4.69) is 38.2 Å². The Morgan fingerprint density at radius 2 is 1.76 bits per heavy atom. The SMILES string of the molecule is CC(C)CC(=O)NC1CCN(C(=O)CCCOc2ccc(C(C)(C)C)cc2)CC1. The van der Waals surface area contributed by atoms with Crippen LogP contribution in [0, 0.1) is 5.92 Å². The van der Waals surface area contributed by atoms with Gasteiger partial charge in [0.15, 0.2) is 0 Å². The van der Waals surface area contributed by atoms with E-state index >= 15 is 0 Å². The number of nitrogens with zero attached hydrogens (tertiary/aromatic N) is 1. The van der Waals surface area contributed by atoms with Crippen LogP contribution in [0.4, 0.5) is 0 Å². The molecule has 0 aliphatic carbocycles. The third kappa shape index (κ3) is 8.08. The van der Waals surface area contributed by atoms with Gasteiger partial charge in [-0.05, 0) is 48.3 Å². The molecule has 162 valence electrons. The van der Waals surface area contributed by atoms with E-state index in [4.69, 9.17) is 4.74 Å². The topological polar surface area (TPSA) is 58.6 Å². The first-order chi connectivity index (χ1) is 13.6. The van der Waals surface area contributed by atoms with Gasteiger partial charge < -0.3 is 15.0 Å². The maximum atomic E-state index is 12.4.